The molecule has 2 aromatic rings. The molecule has 1 saturated carbocycles. The molecule has 0 aliphatic heterocycles. The van der Waals surface area contributed by atoms with E-state index in [9.17, 15) is 4.79 Å². The maximum absolute atomic E-state index is 12.4. The Morgan fingerprint density at radius 3 is 2.24 bits per heavy atom. The summed E-state index contributed by atoms with van der Waals surface area (Å²) in [5.41, 5.74) is 6.12. The number of carbonyl (C=O) groups excluding carboxylic acids is 1. The molecule has 25 heavy (non-hydrogen) atoms. The second kappa shape index (κ2) is 7.43. The average Bonchev–Trinajstić information content (AvgIpc) is 2.58. The lowest BCUT2D eigenvalue weighted by Crippen LogP contribution is -2.24. The lowest BCUT2D eigenvalue weighted by Gasteiger charge is -2.24. The van der Waals surface area contributed by atoms with Gasteiger partial charge in [-0.3, -0.25) is 4.79 Å². The number of ether oxygens (including phenoxy) is 1. The van der Waals surface area contributed by atoms with Gasteiger partial charge < -0.3 is 4.74 Å². The zero-order valence-electron chi connectivity index (χ0n) is 15.8. The van der Waals surface area contributed by atoms with Crippen molar-refractivity contribution in [1.82, 2.24) is 0 Å². The van der Waals surface area contributed by atoms with E-state index in [0.29, 0.717) is 5.75 Å². The monoisotopic (exact) mass is 336 g/mol. The molecule has 0 N–H and O–H groups in total. The van der Waals surface area contributed by atoms with Gasteiger partial charge in [-0.25, -0.2) is 0 Å². The fraction of sp³-hybridized carbons (Fsp3) is 0.435. The third-order valence-corrected chi connectivity index (χ3v) is 5.58. The summed E-state index contributed by atoms with van der Waals surface area (Å²) in [5, 5.41) is 0. The van der Waals surface area contributed by atoms with E-state index in [-0.39, 0.29) is 11.9 Å². The standard InChI is InChI=1S/C23H28O2/c1-15-5-8-19(9-6-15)23(24)25-21-11-12-22(18(4)14-21)20-10-7-16(2)17(3)13-20/h7,10-15,19H,5-6,8-9H2,1-4H3. The van der Waals surface area contributed by atoms with Gasteiger partial charge in [0.25, 0.3) is 0 Å². The maximum Gasteiger partial charge on any atom is 0.314 e. The van der Waals surface area contributed by atoms with Crippen LogP contribution in [0.25, 0.3) is 11.1 Å². The van der Waals surface area contributed by atoms with Crippen LogP contribution in [0.3, 0.4) is 0 Å². The third kappa shape index (κ3) is 4.12. The molecule has 1 fully saturated rings. The first kappa shape index (κ1) is 17.7. The first-order valence-corrected chi connectivity index (χ1v) is 9.34. The second-order valence-corrected chi connectivity index (χ2v) is 7.65. The predicted molar refractivity (Wildman–Crippen MR) is 103 cm³/mol. The zero-order chi connectivity index (χ0) is 18.0. The highest BCUT2D eigenvalue weighted by atomic mass is 16.5. The first-order chi connectivity index (χ1) is 11.9. The van der Waals surface area contributed by atoms with Crippen LogP contribution in [-0.2, 0) is 4.79 Å². The van der Waals surface area contributed by atoms with Crippen LogP contribution in [0.4, 0.5) is 0 Å². The largest absolute Gasteiger partial charge is 0.426 e. The van der Waals surface area contributed by atoms with Crippen LogP contribution in [0.15, 0.2) is 36.4 Å². The molecule has 132 valence electrons. The zero-order valence-corrected chi connectivity index (χ0v) is 15.8. The average molecular weight is 336 g/mol. The van der Waals surface area contributed by atoms with Gasteiger partial charge >= 0.3 is 5.97 Å². The van der Waals surface area contributed by atoms with Crippen molar-refractivity contribution in [3.8, 4) is 16.9 Å². The Labute approximate surface area is 151 Å². The van der Waals surface area contributed by atoms with Crippen LogP contribution >= 0.6 is 0 Å². The van der Waals surface area contributed by atoms with Crippen LogP contribution in [0, 0.1) is 32.6 Å². The van der Waals surface area contributed by atoms with Crippen LogP contribution in [0.1, 0.15) is 49.3 Å². The Morgan fingerprint density at radius 1 is 0.880 bits per heavy atom. The fourth-order valence-corrected chi connectivity index (χ4v) is 3.63. The van der Waals surface area contributed by atoms with Crippen molar-refractivity contribution < 1.29 is 9.53 Å². The summed E-state index contributed by atoms with van der Waals surface area (Å²) in [6, 6.07) is 12.5. The van der Waals surface area contributed by atoms with E-state index < -0.39 is 0 Å². The molecule has 0 atom stereocenters. The fourth-order valence-electron chi connectivity index (χ4n) is 3.63. The summed E-state index contributed by atoms with van der Waals surface area (Å²) < 4.78 is 5.66. The number of aryl methyl sites for hydroxylation is 3. The molecule has 0 aromatic heterocycles. The lowest BCUT2D eigenvalue weighted by molar-refractivity contribution is -0.140. The Kier molecular flexibility index (Phi) is 5.27. The van der Waals surface area contributed by atoms with Gasteiger partial charge in [0.1, 0.15) is 5.75 Å². The van der Waals surface area contributed by atoms with Crippen LogP contribution in [0.5, 0.6) is 5.75 Å². The van der Waals surface area contributed by atoms with Crippen LogP contribution in [0.2, 0.25) is 0 Å². The number of carbonyl (C=O) groups is 1. The van der Waals surface area contributed by atoms with Gasteiger partial charge in [-0.2, -0.15) is 0 Å². The molecule has 1 aliphatic rings. The SMILES string of the molecule is Cc1ccc(-c2ccc(OC(=O)C3CCC(C)CC3)cc2C)cc1C. The smallest absolute Gasteiger partial charge is 0.314 e. The summed E-state index contributed by atoms with van der Waals surface area (Å²) >= 11 is 0. The van der Waals surface area contributed by atoms with E-state index >= 15 is 0 Å². The topological polar surface area (TPSA) is 26.3 Å². The van der Waals surface area contributed by atoms with Crippen LogP contribution in [-0.4, -0.2) is 5.97 Å². The highest BCUT2D eigenvalue weighted by Gasteiger charge is 2.26. The number of esters is 1. The van der Waals surface area contributed by atoms with Crippen LogP contribution < -0.4 is 4.74 Å². The predicted octanol–water partition coefficient (Wildman–Crippen LogP) is 6.01. The molecule has 0 saturated heterocycles. The summed E-state index contributed by atoms with van der Waals surface area (Å²) in [6.07, 6.45) is 4.18. The maximum atomic E-state index is 12.4. The molecule has 2 aromatic carbocycles. The number of hydrogen-bond donors (Lipinski definition) is 0. The molecular weight excluding hydrogens is 308 g/mol. The Balaban J connectivity index is 1.73. The molecule has 0 heterocycles. The van der Waals surface area contributed by atoms with Crippen molar-refractivity contribution in [2.45, 2.75) is 53.4 Å². The number of hydrogen-bond acceptors (Lipinski definition) is 2. The summed E-state index contributed by atoms with van der Waals surface area (Å²) in [5.74, 6) is 1.40. The highest BCUT2D eigenvalue weighted by Crippen LogP contribution is 2.31. The van der Waals surface area contributed by atoms with Crippen molar-refractivity contribution in [3.05, 3.63) is 53.1 Å². The van der Waals surface area contributed by atoms with E-state index in [4.69, 9.17) is 4.74 Å². The van der Waals surface area contributed by atoms with E-state index in [1.165, 1.54) is 22.3 Å². The van der Waals surface area contributed by atoms with E-state index in [0.717, 1.165) is 37.2 Å². The van der Waals surface area contributed by atoms with Crippen molar-refractivity contribution >= 4 is 5.97 Å². The summed E-state index contributed by atoms with van der Waals surface area (Å²) in [7, 11) is 0. The van der Waals surface area contributed by atoms with Crippen molar-refractivity contribution in [3.63, 3.8) is 0 Å². The van der Waals surface area contributed by atoms with Gasteiger partial charge in [-0.05, 0) is 92.3 Å². The van der Waals surface area contributed by atoms with Crippen molar-refractivity contribution in [2.75, 3.05) is 0 Å². The Bertz CT molecular complexity index is 768. The molecule has 0 amide bonds. The number of rotatable bonds is 3. The van der Waals surface area contributed by atoms with Crippen molar-refractivity contribution in [1.29, 1.82) is 0 Å². The van der Waals surface area contributed by atoms with E-state index in [1.54, 1.807) is 0 Å². The molecule has 1 aliphatic carbocycles. The minimum absolute atomic E-state index is 0.0646. The van der Waals surface area contributed by atoms with E-state index in [2.05, 4.69) is 52.0 Å². The van der Waals surface area contributed by atoms with Gasteiger partial charge in [0.15, 0.2) is 0 Å². The van der Waals surface area contributed by atoms with E-state index in [1.807, 2.05) is 12.1 Å². The van der Waals surface area contributed by atoms with Gasteiger partial charge in [-0.15, -0.1) is 0 Å². The molecule has 0 spiro atoms. The van der Waals surface area contributed by atoms with Gasteiger partial charge in [0.05, 0.1) is 5.92 Å². The first-order valence-electron chi connectivity index (χ1n) is 9.34. The molecule has 0 unspecified atom stereocenters. The molecule has 2 nitrogen and oxygen atoms in total. The van der Waals surface area contributed by atoms with Gasteiger partial charge in [0, 0.05) is 0 Å². The summed E-state index contributed by atoms with van der Waals surface area (Å²) in [4.78, 5) is 12.4. The number of benzene rings is 2. The van der Waals surface area contributed by atoms with Gasteiger partial charge in [-0.1, -0.05) is 31.2 Å². The lowest BCUT2D eigenvalue weighted by atomic mass is 9.83. The van der Waals surface area contributed by atoms with Gasteiger partial charge in [0.2, 0.25) is 0 Å². The minimum atomic E-state index is -0.0646. The normalized spacial score (nSPS) is 20.3. The molecule has 3 rings (SSSR count). The molecule has 0 bridgehead atoms. The molecule has 0 radical (unpaired) electrons. The Hall–Kier alpha value is -2.09. The minimum Gasteiger partial charge on any atom is -0.426 e. The highest BCUT2D eigenvalue weighted by molar-refractivity contribution is 5.76. The third-order valence-electron chi connectivity index (χ3n) is 5.58. The summed E-state index contributed by atoms with van der Waals surface area (Å²) in [6.45, 7) is 8.59. The Morgan fingerprint density at radius 2 is 1.60 bits per heavy atom. The molecular formula is C23H28O2. The molecule has 2 heteroatoms. The quantitative estimate of drug-likeness (QED) is 0.507. The second-order valence-electron chi connectivity index (χ2n) is 7.65. The van der Waals surface area contributed by atoms with Crippen molar-refractivity contribution in [2.24, 2.45) is 11.8 Å².